The van der Waals surface area contributed by atoms with E-state index >= 15 is 0 Å². The lowest BCUT2D eigenvalue weighted by molar-refractivity contribution is 0.0837. The SMILES string of the molecule is O=C(NC(c1ccccc1)c1ccccc1)N1CCCC(O)C1. The van der Waals surface area contributed by atoms with Crippen LogP contribution in [-0.4, -0.2) is 35.2 Å². The number of nitrogens with one attached hydrogen (secondary N) is 1. The first-order chi connectivity index (χ1) is 11.2. The zero-order valence-electron chi connectivity index (χ0n) is 13.1. The molecule has 23 heavy (non-hydrogen) atoms. The van der Waals surface area contributed by atoms with Crippen molar-refractivity contribution in [1.29, 1.82) is 0 Å². The van der Waals surface area contributed by atoms with Gasteiger partial charge in [-0.15, -0.1) is 0 Å². The number of aliphatic hydroxyl groups is 1. The van der Waals surface area contributed by atoms with Crippen LogP contribution in [0.4, 0.5) is 4.79 Å². The number of benzene rings is 2. The largest absolute Gasteiger partial charge is 0.391 e. The Bertz CT molecular complexity index is 591. The second-order valence-corrected chi connectivity index (χ2v) is 5.95. The molecule has 0 spiro atoms. The first kappa shape index (κ1) is 15.6. The van der Waals surface area contributed by atoms with E-state index in [1.165, 1.54) is 0 Å². The highest BCUT2D eigenvalue weighted by Crippen LogP contribution is 2.22. The zero-order valence-corrected chi connectivity index (χ0v) is 13.1. The van der Waals surface area contributed by atoms with Crippen molar-refractivity contribution in [2.45, 2.75) is 25.0 Å². The fourth-order valence-electron chi connectivity index (χ4n) is 3.00. The summed E-state index contributed by atoms with van der Waals surface area (Å²) >= 11 is 0. The molecule has 2 aromatic carbocycles. The number of hydrogen-bond donors (Lipinski definition) is 2. The first-order valence-electron chi connectivity index (χ1n) is 8.07. The molecule has 120 valence electrons. The fraction of sp³-hybridized carbons (Fsp3) is 0.316. The Balaban J connectivity index is 1.80. The average molecular weight is 310 g/mol. The summed E-state index contributed by atoms with van der Waals surface area (Å²) in [5.74, 6) is 0. The molecule has 4 nitrogen and oxygen atoms in total. The highest BCUT2D eigenvalue weighted by Gasteiger charge is 2.25. The number of likely N-dealkylation sites (tertiary alicyclic amines) is 1. The number of aliphatic hydroxyl groups excluding tert-OH is 1. The molecule has 1 saturated heterocycles. The summed E-state index contributed by atoms with van der Waals surface area (Å²) in [5, 5.41) is 12.9. The Morgan fingerprint density at radius 2 is 1.61 bits per heavy atom. The van der Waals surface area contributed by atoms with Crippen LogP contribution in [0.15, 0.2) is 60.7 Å². The number of rotatable bonds is 3. The van der Waals surface area contributed by atoms with Gasteiger partial charge in [-0.05, 0) is 24.0 Å². The van der Waals surface area contributed by atoms with Crippen LogP contribution in [0.3, 0.4) is 0 Å². The third kappa shape index (κ3) is 3.90. The second kappa shape index (κ2) is 7.29. The van der Waals surface area contributed by atoms with E-state index in [1.807, 2.05) is 60.7 Å². The van der Waals surface area contributed by atoms with Gasteiger partial charge in [0.05, 0.1) is 12.1 Å². The molecule has 0 radical (unpaired) electrons. The monoisotopic (exact) mass is 310 g/mol. The highest BCUT2D eigenvalue weighted by molar-refractivity contribution is 5.75. The fourth-order valence-corrected chi connectivity index (χ4v) is 3.00. The molecule has 2 N–H and O–H groups in total. The van der Waals surface area contributed by atoms with Gasteiger partial charge in [-0.2, -0.15) is 0 Å². The normalized spacial score (nSPS) is 18.0. The summed E-state index contributed by atoms with van der Waals surface area (Å²) in [5.41, 5.74) is 2.09. The lowest BCUT2D eigenvalue weighted by Crippen LogP contribution is -2.48. The van der Waals surface area contributed by atoms with E-state index in [2.05, 4.69) is 5.32 Å². The summed E-state index contributed by atoms with van der Waals surface area (Å²) in [7, 11) is 0. The molecule has 1 aliphatic rings. The molecule has 1 heterocycles. The van der Waals surface area contributed by atoms with Gasteiger partial charge in [0.25, 0.3) is 0 Å². The predicted octanol–water partition coefficient (Wildman–Crippen LogP) is 2.94. The van der Waals surface area contributed by atoms with E-state index in [0.717, 1.165) is 24.0 Å². The van der Waals surface area contributed by atoms with Crippen LogP contribution in [0.2, 0.25) is 0 Å². The van der Waals surface area contributed by atoms with E-state index in [-0.39, 0.29) is 12.1 Å². The molecule has 0 saturated carbocycles. The van der Waals surface area contributed by atoms with Crippen LogP contribution in [0.1, 0.15) is 30.0 Å². The highest BCUT2D eigenvalue weighted by atomic mass is 16.3. The number of β-amino-alcohol motifs (C(OH)–C–C–N with tert-alkyl or cyclic N) is 1. The van der Waals surface area contributed by atoms with Crippen LogP contribution in [0.25, 0.3) is 0 Å². The number of piperidine rings is 1. The zero-order chi connectivity index (χ0) is 16.1. The average Bonchev–Trinajstić information content (AvgIpc) is 2.61. The maximum absolute atomic E-state index is 12.6. The minimum Gasteiger partial charge on any atom is -0.391 e. The topological polar surface area (TPSA) is 52.6 Å². The summed E-state index contributed by atoms with van der Waals surface area (Å²) in [4.78, 5) is 14.3. The lowest BCUT2D eigenvalue weighted by Gasteiger charge is -2.32. The first-order valence-corrected chi connectivity index (χ1v) is 8.07. The number of nitrogens with zero attached hydrogens (tertiary/aromatic N) is 1. The molecule has 2 amide bonds. The number of carbonyl (C=O) groups excluding carboxylic acids is 1. The Labute approximate surface area is 136 Å². The summed E-state index contributed by atoms with van der Waals surface area (Å²) in [6.07, 6.45) is 1.20. The Morgan fingerprint density at radius 3 is 2.13 bits per heavy atom. The van der Waals surface area contributed by atoms with Gasteiger partial charge < -0.3 is 15.3 Å². The number of urea groups is 1. The smallest absolute Gasteiger partial charge is 0.318 e. The van der Waals surface area contributed by atoms with E-state index in [1.54, 1.807) is 4.90 Å². The molecule has 2 aromatic rings. The maximum atomic E-state index is 12.6. The minimum absolute atomic E-state index is 0.124. The van der Waals surface area contributed by atoms with Crippen molar-refractivity contribution in [3.63, 3.8) is 0 Å². The quantitative estimate of drug-likeness (QED) is 0.916. The minimum atomic E-state index is -0.415. The predicted molar refractivity (Wildman–Crippen MR) is 90.1 cm³/mol. The van der Waals surface area contributed by atoms with Crippen molar-refractivity contribution >= 4 is 6.03 Å². The van der Waals surface area contributed by atoms with Gasteiger partial charge in [0.15, 0.2) is 0 Å². The summed E-state index contributed by atoms with van der Waals surface area (Å²) in [6.45, 7) is 1.10. The number of amides is 2. The van der Waals surface area contributed by atoms with Crippen LogP contribution in [0.5, 0.6) is 0 Å². The van der Waals surface area contributed by atoms with Crippen LogP contribution >= 0.6 is 0 Å². The standard InChI is InChI=1S/C19H22N2O2/c22-17-12-7-13-21(14-17)19(23)20-18(15-8-3-1-4-9-15)16-10-5-2-6-11-16/h1-6,8-11,17-18,22H,7,12-14H2,(H,20,23). The van der Waals surface area contributed by atoms with E-state index in [9.17, 15) is 9.90 Å². The summed E-state index contributed by atoms with van der Waals surface area (Å²) < 4.78 is 0. The summed E-state index contributed by atoms with van der Waals surface area (Å²) in [6, 6.07) is 19.6. The van der Waals surface area contributed by atoms with Crippen molar-refractivity contribution in [2.75, 3.05) is 13.1 Å². The third-order valence-electron chi connectivity index (χ3n) is 4.22. The molecular formula is C19H22N2O2. The lowest BCUT2D eigenvalue weighted by atomic mass is 9.99. The van der Waals surface area contributed by atoms with Crippen LogP contribution in [-0.2, 0) is 0 Å². The van der Waals surface area contributed by atoms with E-state index in [0.29, 0.717) is 13.1 Å². The van der Waals surface area contributed by atoms with Gasteiger partial charge in [-0.3, -0.25) is 0 Å². The van der Waals surface area contributed by atoms with Gasteiger partial charge in [0.2, 0.25) is 0 Å². The van der Waals surface area contributed by atoms with Gasteiger partial charge >= 0.3 is 6.03 Å². The molecule has 1 fully saturated rings. The third-order valence-corrected chi connectivity index (χ3v) is 4.22. The number of carbonyl (C=O) groups is 1. The van der Waals surface area contributed by atoms with Crippen LogP contribution < -0.4 is 5.32 Å². The second-order valence-electron chi connectivity index (χ2n) is 5.95. The van der Waals surface area contributed by atoms with Gasteiger partial charge in [0, 0.05) is 13.1 Å². The number of hydrogen-bond acceptors (Lipinski definition) is 2. The van der Waals surface area contributed by atoms with Crippen molar-refractivity contribution in [3.8, 4) is 0 Å². The molecule has 0 bridgehead atoms. The molecule has 1 unspecified atom stereocenters. The Kier molecular flexibility index (Phi) is 4.93. The molecular weight excluding hydrogens is 288 g/mol. The van der Waals surface area contributed by atoms with Gasteiger partial charge in [0.1, 0.15) is 0 Å². The van der Waals surface area contributed by atoms with Gasteiger partial charge in [-0.25, -0.2) is 4.79 Å². The molecule has 4 heteroatoms. The molecule has 1 atom stereocenters. The van der Waals surface area contributed by atoms with E-state index < -0.39 is 6.10 Å². The Hall–Kier alpha value is -2.33. The Morgan fingerprint density at radius 1 is 1.04 bits per heavy atom. The molecule has 0 aromatic heterocycles. The molecule has 0 aliphatic carbocycles. The van der Waals surface area contributed by atoms with E-state index in [4.69, 9.17) is 0 Å². The van der Waals surface area contributed by atoms with Crippen molar-refractivity contribution < 1.29 is 9.90 Å². The van der Waals surface area contributed by atoms with Crippen molar-refractivity contribution in [1.82, 2.24) is 10.2 Å². The van der Waals surface area contributed by atoms with Crippen LogP contribution in [0, 0.1) is 0 Å². The molecule has 3 rings (SSSR count). The maximum Gasteiger partial charge on any atom is 0.318 e. The molecule has 1 aliphatic heterocycles. The van der Waals surface area contributed by atoms with Gasteiger partial charge in [-0.1, -0.05) is 60.7 Å². The van der Waals surface area contributed by atoms with Crippen molar-refractivity contribution in [3.05, 3.63) is 71.8 Å². The van der Waals surface area contributed by atoms with Crippen molar-refractivity contribution in [2.24, 2.45) is 0 Å².